The second-order valence-electron chi connectivity index (χ2n) is 12.9. The normalized spacial score (nSPS) is 17.2. The van der Waals surface area contributed by atoms with Crippen molar-refractivity contribution in [3.8, 4) is 5.75 Å². The summed E-state index contributed by atoms with van der Waals surface area (Å²) in [6.07, 6.45) is 3.28. The summed E-state index contributed by atoms with van der Waals surface area (Å²) in [7, 11) is 1.96. The molecule has 0 bridgehead atoms. The highest BCUT2D eigenvalue weighted by Gasteiger charge is 2.39. The van der Waals surface area contributed by atoms with Crippen LogP contribution in [0.15, 0.2) is 66.2 Å². The number of rotatable bonds is 9. The predicted molar refractivity (Wildman–Crippen MR) is 186 cm³/mol. The summed E-state index contributed by atoms with van der Waals surface area (Å²) in [6, 6.07) is 11.9. The molecule has 5 amide bonds. The first kappa shape index (κ1) is 34.1. The molecule has 2 fully saturated rings. The number of aromatic hydroxyl groups is 1. The number of carbonyl (C=O) groups is 4. The number of halogens is 2. The Labute approximate surface area is 296 Å². The van der Waals surface area contributed by atoms with Crippen LogP contribution in [0, 0.1) is 11.6 Å². The number of nitrogens with zero attached hydrogens (tertiary/aromatic N) is 5. The summed E-state index contributed by atoms with van der Waals surface area (Å²) in [5.41, 5.74) is 2.87. The monoisotopic (exact) mass is 715 g/mol. The van der Waals surface area contributed by atoms with E-state index in [1.807, 2.05) is 25.2 Å². The van der Waals surface area contributed by atoms with Gasteiger partial charge in [-0.05, 0) is 67.9 Å². The van der Waals surface area contributed by atoms with Crippen molar-refractivity contribution >= 4 is 51.6 Å². The van der Waals surface area contributed by atoms with E-state index in [4.69, 9.17) is 0 Å². The van der Waals surface area contributed by atoms with E-state index in [1.165, 1.54) is 33.4 Å². The van der Waals surface area contributed by atoms with Crippen LogP contribution in [0.3, 0.4) is 0 Å². The minimum Gasteiger partial charge on any atom is -0.508 e. The lowest BCUT2D eigenvalue weighted by molar-refractivity contribution is -0.121. The van der Waals surface area contributed by atoms with Gasteiger partial charge in [-0.15, -0.1) is 11.3 Å². The molecule has 7 rings (SSSR count). The molecule has 0 saturated carbocycles. The number of hydrogen-bond acceptors (Lipinski definition) is 9. The number of fused-ring (bicyclic) bond motifs is 1. The third kappa shape index (κ3) is 6.99. The highest BCUT2D eigenvalue weighted by atomic mass is 32.1. The lowest BCUT2D eigenvalue weighted by atomic mass is 10.0. The molecule has 3 N–H and O–H groups in total. The number of imide groups is 1. The number of urea groups is 1. The summed E-state index contributed by atoms with van der Waals surface area (Å²) >= 11 is 1.20. The van der Waals surface area contributed by atoms with E-state index in [1.54, 1.807) is 17.5 Å². The zero-order valence-corrected chi connectivity index (χ0v) is 28.5. The summed E-state index contributed by atoms with van der Waals surface area (Å²) < 4.78 is 29.5. The molecule has 1 unspecified atom stereocenters. The van der Waals surface area contributed by atoms with Crippen molar-refractivity contribution < 1.29 is 33.1 Å². The van der Waals surface area contributed by atoms with Gasteiger partial charge in [0.25, 0.3) is 11.8 Å². The third-order valence-electron chi connectivity index (χ3n) is 9.71. The first-order valence-electron chi connectivity index (χ1n) is 16.5. The molecule has 264 valence electrons. The van der Waals surface area contributed by atoms with Gasteiger partial charge in [-0.1, -0.05) is 12.1 Å². The number of piperidine rings is 1. The van der Waals surface area contributed by atoms with Gasteiger partial charge >= 0.3 is 6.03 Å². The largest absolute Gasteiger partial charge is 0.508 e. The van der Waals surface area contributed by atoms with E-state index in [2.05, 4.69) is 25.4 Å². The Bertz CT molecular complexity index is 2000. The van der Waals surface area contributed by atoms with Crippen molar-refractivity contribution in [1.82, 2.24) is 20.1 Å². The van der Waals surface area contributed by atoms with E-state index in [0.717, 1.165) is 36.7 Å². The maximum atomic E-state index is 15.2. The number of amides is 5. The van der Waals surface area contributed by atoms with Gasteiger partial charge in [0.15, 0.2) is 5.13 Å². The van der Waals surface area contributed by atoms with Crippen LogP contribution in [0.25, 0.3) is 0 Å². The van der Waals surface area contributed by atoms with Crippen LogP contribution in [-0.4, -0.2) is 76.4 Å². The molecule has 15 heteroatoms. The summed E-state index contributed by atoms with van der Waals surface area (Å²) in [5, 5.41) is 17.6. The Balaban J connectivity index is 1.01. The molecule has 1 atom stereocenters. The maximum absolute atomic E-state index is 15.2. The molecule has 4 aromatic rings. The first-order valence-corrected chi connectivity index (χ1v) is 17.4. The topological polar surface area (TPSA) is 138 Å². The Morgan fingerprint density at radius 3 is 2.57 bits per heavy atom. The fourth-order valence-electron chi connectivity index (χ4n) is 6.98. The summed E-state index contributed by atoms with van der Waals surface area (Å²) in [6.45, 7) is 2.07. The number of thiazole rings is 1. The highest BCUT2D eigenvalue weighted by Crippen LogP contribution is 2.38. The highest BCUT2D eigenvalue weighted by molar-refractivity contribution is 7.13. The van der Waals surface area contributed by atoms with Gasteiger partial charge in [0.2, 0.25) is 5.91 Å². The molecule has 3 aliphatic heterocycles. The quantitative estimate of drug-likeness (QED) is 0.220. The molecule has 0 radical (unpaired) electrons. The second-order valence-corrected chi connectivity index (χ2v) is 13.8. The molecule has 12 nitrogen and oxygen atoms in total. The van der Waals surface area contributed by atoms with Crippen LogP contribution in [0.1, 0.15) is 52.4 Å². The number of phenols is 1. The number of aromatic nitrogens is 1. The number of phenolic OH excluding ortho intramolecular Hbond substituents is 1. The molecule has 4 heterocycles. The van der Waals surface area contributed by atoms with Crippen LogP contribution in [0.5, 0.6) is 5.75 Å². The van der Waals surface area contributed by atoms with Crippen LogP contribution < -0.4 is 20.4 Å². The van der Waals surface area contributed by atoms with E-state index in [0.29, 0.717) is 47.1 Å². The lowest BCUT2D eigenvalue weighted by Gasteiger charge is -2.38. The fraction of sp³-hybridized carbons (Fsp3) is 0.306. The standard InChI is InChI=1S/C36H35F2N7O5S/c1-42(19-22-3-6-26(18-29(22)38)44-14-10-31(47)40-36(44)50)24-8-12-43(13-9-24)25-5-2-21-20-45(34(49)27(21)17-25)32(28-16-23(37)4-7-30(28)46)33(48)41-35-39-11-15-51-35/h2-7,11,15-18,24,32,46H,8-10,12-14,19-20H2,1H3,(H,39,41,48)(H,40,47,50). The lowest BCUT2D eigenvalue weighted by Crippen LogP contribution is -2.49. The molecule has 0 spiro atoms. The number of benzene rings is 3. The van der Waals surface area contributed by atoms with Gasteiger partial charge in [0, 0.05) is 84.8 Å². The molecule has 51 heavy (non-hydrogen) atoms. The SMILES string of the molecule is CN(Cc1ccc(N2CCC(=O)NC2=O)cc1F)C1CCN(c2ccc3c(c2)C(=O)N(C(C(=O)Nc2nccs2)c2cc(F)ccc2O)C3)CC1. The van der Waals surface area contributed by atoms with E-state index < -0.39 is 35.5 Å². The van der Waals surface area contributed by atoms with Gasteiger partial charge in [-0.2, -0.15) is 0 Å². The number of hydrogen-bond donors (Lipinski definition) is 3. The van der Waals surface area contributed by atoms with Gasteiger partial charge in [-0.25, -0.2) is 18.6 Å². The predicted octanol–water partition coefficient (Wildman–Crippen LogP) is 5.01. The van der Waals surface area contributed by atoms with Crippen molar-refractivity contribution in [2.24, 2.45) is 0 Å². The fourth-order valence-corrected chi connectivity index (χ4v) is 7.51. The average Bonchev–Trinajstić information content (AvgIpc) is 3.74. The van der Waals surface area contributed by atoms with E-state index in [9.17, 15) is 28.7 Å². The Morgan fingerprint density at radius 2 is 1.84 bits per heavy atom. The summed E-state index contributed by atoms with van der Waals surface area (Å²) in [5.74, 6) is -2.76. The smallest absolute Gasteiger partial charge is 0.328 e. The molecule has 2 saturated heterocycles. The zero-order chi connectivity index (χ0) is 35.8. The van der Waals surface area contributed by atoms with Gasteiger partial charge in [0.05, 0.1) is 0 Å². The van der Waals surface area contributed by atoms with Crippen molar-refractivity contribution in [3.63, 3.8) is 0 Å². The number of nitrogens with one attached hydrogen (secondary N) is 2. The molecular formula is C36H35F2N7O5S. The van der Waals surface area contributed by atoms with Crippen molar-refractivity contribution in [2.45, 2.75) is 44.4 Å². The third-order valence-corrected chi connectivity index (χ3v) is 10.4. The molecular weight excluding hydrogens is 681 g/mol. The minimum absolute atomic E-state index is 0.0282. The molecule has 0 aliphatic carbocycles. The van der Waals surface area contributed by atoms with Gasteiger partial charge < -0.3 is 14.9 Å². The molecule has 3 aromatic carbocycles. The van der Waals surface area contributed by atoms with E-state index >= 15 is 4.39 Å². The van der Waals surface area contributed by atoms with Crippen molar-refractivity contribution in [1.29, 1.82) is 0 Å². The second kappa shape index (κ2) is 14.1. The zero-order valence-electron chi connectivity index (χ0n) is 27.6. The first-order chi connectivity index (χ1) is 24.5. The van der Waals surface area contributed by atoms with Crippen LogP contribution >= 0.6 is 11.3 Å². The Kier molecular flexibility index (Phi) is 9.40. The summed E-state index contributed by atoms with van der Waals surface area (Å²) in [4.78, 5) is 62.2. The Hall–Kier alpha value is -5.41. The van der Waals surface area contributed by atoms with E-state index in [-0.39, 0.29) is 42.8 Å². The van der Waals surface area contributed by atoms with Gasteiger partial charge in [-0.3, -0.25) is 34.8 Å². The molecule has 1 aromatic heterocycles. The van der Waals surface area contributed by atoms with Crippen molar-refractivity contribution in [3.05, 3.63) is 100 Å². The van der Waals surface area contributed by atoms with Crippen LogP contribution in [-0.2, 0) is 22.7 Å². The van der Waals surface area contributed by atoms with Crippen molar-refractivity contribution in [2.75, 3.05) is 41.8 Å². The number of carbonyl (C=O) groups excluding carboxylic acids is 4. The van der Waals surface area contributed by atoms with Gasteiger partial charge in [0.1, 0.15) is 23.4 Å². The average molecular weight is 716 g/mol. The number of anilines is 3. The van der Waals surface area contributed by atoms with Crippen LogP contribution in [0.2, 0.25) is 0 Å². The molecule has 3 aliphatic rings. The van der Waals surface area contributed by atoms with Crippen LogP contribution in [0.4, 0.5) is 30.1 Å². The minimum atomic E-state index is -1.31. The Morgan fingerprint density at radius 1 is 1.06 bits per heavy atom. The maximum Gasteiger partial charge on any atom is 0.328 e.